The van der Waals surface area contributed by atoms with Gasteiger partial charge in [-0.2, -0.15) is 0 Å². The number of aliphatic imine (C=N–C) groups is 2. The molecule has 3 N–H and O–H groups in total. The quantitative estimate of drug-likeness (QED) is 0.204. The maximum atomic E-state index is 15.6. The molecule has 0 amide bonds. The number of nitrogens with zero attached hydrogens (tertiary/aromatic N) is 6. The monoisotopic (exact) mass is 537 g/mol. The normalized spacial score (nSPS) is 17.4. The largest absolute Gasteiger partial charge is 0.421 e. The number of aryl methyl sites for hydroxylation is 1. The maximum Gasteiger partial charge on any atom is 0.321 e. The average molecular weight is 538 g/mol. The number of nitrogen functional groups attached to an aromatic ring is 1. The number of amidine groups is 1. The smallest absolute Gasteiger partial charge is 0.321 e. The molecule has 9 nitrogen and oxygen atoms in total. The van der Waals surface area contributed by atoms with Crippen LogP contribution in [0.3, 0.4) is 0 Å². The van der Waals surface area contributed by atoms with Crippen molar-refractivity contribution in [2.45, 2.75) is 45.8 Å². The summed E-state index contributed by atoms with van der Waals surface area (Å²) in [5.41, 5.74) is 11.7. The second-order valence-electron chi connectivity index (χ2n) is 9.59. The molecule has 0 bridgehead atoms. The number of terminal acetylenes is 1. The lowest BCUT2D eigenvalue weighted by Crippen LogP contribution is -2.31. The number of nitrogens with two attached hydrogens (primary N) is 1. The van der Waals surface area contributed by atoms with Gasteiger partial charge in [-0.05, 0) is 69.7 Å². The minimum absolute atomic E-state index is 0.0537. The number of benzene rings is 1. The first-order chi connectivity index (χ1) is 19.2. The van der Waals surface area contributed by atoms with Gasteiger partial charge in [-0.1, -0.05) is 18.1 Å². The van der Waals surface area contributed by atoms with Crippen LogP contribution in [-0.4, -0.2) is 43.5 Å². The summed E-state index contributed by atoms with van der Waals surface area (Å²) >= 11 is 0. The van der Waals surface area contributed by atoms with Crippen LogP contribution in [0.15, 0.2) is 58.5 Å². The number of ether oxygens (including phenoxy) is 1. The molecule has 4 aromatic rings. The maximum absolute atomic E-state index is 15.6. The van der Waals surface area contributed by atoms with Crippen molar-refractivity contribution in [1.82, 2.24) is 19.5 Å². The van der Waals surface area contributed by atoms with E-state index in [2.05, 4.69) is 37.6 Å². The van der Waals surface area contributed by atoms with E-state index in [9.17, 15) is 5.11 Å². The lowest BCUT2D eigenvalue weighted by Gasteiger charge is -2.34. The molecule has 1 fully saturated rings. The zero-order valence-electron chi connectivity index (χ0n) is 22.4. The lowest BCUT2D eigenvalue weighted by molar-refractivity contribution is 0.0508. The standard InChI is InChI=1S/C30H28FN7O2/c1-6-17(4)37-30(33-5)40-24-9-8-18(11-23(24)31)25-26-28(32)35-15-36-29(26)38(20-12-21(39)13-20)27(25)22-14-34-19(7-2)10-16(22)3/h2,6,8-11,14-15,20-21,39H,5,12-13H2,1,3-4H3,(H2,32,35,36)/b17-6-,37-30?. The molecule has 0 atom stereocenters. The SMILES string of the molecule is C#Cc1cc(C)c(-c2c(-c3ccc(OC(N=C)=N/C(C)=C\C)c(F)c3)c3c(N)ncnc3n2C2CC(O)C2)cn1. The second kappa shape index (κ2) is 10.7. The number of aliphatic hydroxyl groups is 1. The highest BCUT2D eigenvalue weighted by atomic mass is 19.1. The molecule has 0 unspecified atom stereocenters. The van der Waals surface area contributed by atoms with E-state index in [1.165, 1.54) is 18.5 Å². The van der Waals surface area contributed by atoms with Crippen molar-refractivity contribution >= 4 is 29.6 Å². The van der Waals surface area contributed by atoms with Gasteiger partial charge in [0.05, 0.1) is 17.2 Å². The van der Waals surface area contributed by atoms with E-state index in [0.717, 1.165) is 16.8 Å². The summed E-state index contributed by atoms with van der Waals surface area (Å²) in [6.45, 7) is 8.99. The van der Waals surface area contributed by atoms with Crippen LogP contribution < -0.4 is 10.5 Å². The zero-order chi connectivity index (χ0) is 28.6. The number of halogens is 1. The van der Waals surface area contributed by atoms with Gasteiger partial charge in [-0.3, -0.25) is 0 Å². The van der Waals surface area contributed by atoms with E-state index in [1.807, 2.05) is 24.5 Å². The molecule has 1 saturated carbocycles. The molecule has 3 aromatic heterocycles. The Kier molecular flexibility index (Phi) is 7.15. The molecule has 0 radical (unpaired) electrons. The average Bonchev–Trinajstić information content (AvgIpc) is 3.27. The summed E-state index contributed by atoms with van der Waals surface area (Å²) in [4.78, 5) is 21.2. The van der Waals surface area contributed by atoms with Gasteiger partial charge in [0.2, 0.25) is 0 Å². The highest BCUT2D eigenvalue weighted by Gasteiger charge is 2.35. The first-order valence-corrected chi connectivity index (χ1v) is 12.7. The molecule has 1 aliphatic rings. The Labute approximate surface area is 231 Å². The molecule has 40 heavy (non-hydrogen) atoms. The van der Waals surface area contributed by atoms with Crippen molar-refractivity contribution < 1.29 is 14.2 Å². The Bertz CT molecular complexity index is 1740. The zero-order valence-corrected chi connectivity index (χ0v) is 22.4. The Balaban J connectivity index is 1.75. The van der Waals surface area contributed by atoms with Crippen LogP contribution >= 0.6 is 0 Å². The summed E-state index contributed by atoms with van der Waals surface area (Å²) in [7, 11) is 0. The highest BCUT2D eigenvalue weighted by Crippen LogP contribution is 2.48. The number of aromatic nitrogens is 4. The number of hydrogen-bond acceptors (Lipinski definition) is 7. The summed E-state index contributed by atoms with van der Waals surface area (Å²) in [6, 6.07) is 6.28. The predicted molar refractivity (Wildman–Crippen MR) is 155 cm³/mol. The lowest BCUT2D eigenvalue weighted by atomic mass is 9.88. The number of allylic oxidation sites excluding steroid dienone is 2. The van der Waals surface area contributed by atoms with E-state index in [1.54, 1.807) is 25.3 Å². The van der Waals surface area contributed by atoms with Crippen LogP contribution in [0.1, 0.15) is 44.0 Å². The van der Waals surface area contributed by atoms with Crippen LogP contribution in [0.4, 0.5) is 10.2 Å². The third-order valence-corrected chi connectivity index (χ3v) is 7.03. The summed E-state index contributed by atoms with van der Waals surface area (Å²) in [5.74, 6) is 2.11. The van der Waals surface area contributed by atoms with Gasteiger partial charge < -0.3 is 20.1 Å². The van der Waals surface area contributed by atoms with Gasteiger partial charge in [0, 0.05) is 29.1 Å². The van der Waals surface area contributed by atoms with Crippen LogP contribution in [0, 0.1) is 25.1 Å². The van der Waals surface area contributed by atoms with Gasteiger partial charge >= 0.3 is 6.02 Å². The van der Waals surface area contributed by atoms with Crippen molar-refractivity contribution in [1.29, 1.82) is 0 Å². The minimum Gasteiger partial charge on any atom is -0.421 e. The first-order valence-electron chi connectivity index (χ1n) is 12.7. The van der Waals surface area contributed by atoms with Crippen LogP contribution in [0.2, 0.25) is 0 Å². The topological polar surface area (TPSA) is 124 Å². The van der Waals surface area contributed by atoms with Crippen LogP contribution in [0.25, 0.3) is 33.4 Å². The number of aliphatic hydroxyl groups excluding tert-OH is 1. The van der Waals surface area contributed by atoms with E-state index >= 15 is 4.39 Å². The summed E-state index contributed by atoms with van der Waals surface area (Å²) in [6.07, 6.45) is 11.1. The Hall–Kier alpha value is -4.88. The molecule has 10 heteroatoms. The van der Waals surface area contributed by atoms with Crippen molar-refractivity contribution in [2.24, 2.45) is 9.98 Å². The molecule has 1 aliphatic carbocycles. The second-order valence-corrected chi connectivity index (χ2v) is 9.59. The van der Waals surface area contributed by atoms with Crippen molar-refractivity contribution in [3.8, 4) is 40.5 Å². The molecule has 0 saturated heterocycles. The fourth-order valence-electron chi connectivity index (χ4n) is 4.85. The first kappa shape index (κ1) is 26.7. The van der Waals surface area contributed by atoms with Gasteiger partial charge in [-0.15, -0.1) is 6.42 Å². The van der Waals surface area contributed by atoms with Gasteiger partial charge in [-0.25, -0.2) is 29.3 Å². The number of hydrogen-bond donors (Lipinski definition) is 2. The van der Waals surface area contributed by atoms with Gasteiger partial charge in [0.1, 0.15) is 23.5 Å². The molecule has 0 spiro atoms. The number of fused-ring (bicyclic) bond motifs is 1. The Morgan fingerprint density at radius 3 is 2.70 bits per heavy atom. The number of rotatable bonds is 5. The Morgan fingerprint density at radius 2 is 2.08 bits per heavy atom. The third kappa shape index (κ3) is 4.72. The summed E-state index contributed by atoms with van der Waals surface area (Å²) < 4.78 is 23.2. The van der Waals surface area contributed by atoms with Crippen LogP contribution in [0.5, 0.6) is 5.75 Å². The molecule has 3 heterocycles. The Morgan fingerprint density at radius 1 is 1.30 bits per heavy atom. The van der Waals surface area contributed by atoms with Crippen LogP contribution in [-0.2, 0) is 0 Å². The highest BCUT2D eigenvalue weighted by molar-refractivity contribution is 6.08. The van der Waals surface area contributed by atoms with E-state index in [0.29, 0.717) is 46.4 Å². The fourth-order valence-corrected chi connectivity index (χ4v) is 4.85. The third-order valence-electron chi connectivity index (χ3n) is 7.03. The minimum atomic E-state index is -0.633. The molecule has 1 aromatic carbocycles. The van der Waals surface area contributed by atoms with Crippen molar-refractivity contribution in [3.05, 3.63) is 65.6 Å². The molecule has 202 valence electrons. The van der Waals surface area contributed by atoms with E-state index in [4.69, 9.17) is 16.9 Å². The summed E-state index contributed by atoms with van der Waals surface area (Å²) in [5, 5.41) is 10.7. The van der Waals surface area contributed by atoms with E-state index in [-0.39, 0.29) is 23.6 Å². The number of anilines is 1. The fraction of sp³-hybridized carbons (Fsp3) is 0.233. The van der Waals surface area contributed by atoms with Crippen molar-refractivity contribution in [2.75, 3.05) is 5.73 Å². The molecular formula is C30H28FN7O2. The van der Waals surface area contributed by atoms with Gasteiger partial charge in [0.25, 0.3) is 0 Å². The molecule has 0 aliphatic heterocycles. The molecule has 5 rings (SSSR count). The van der Waals surface area contributed by atoms with Gasteiger partial charge in [0.15, 0.2) is 11.6 Å². The van der Waals surface area contributed by atoms with Crippen molar-refractivity contribution in [3.63, 3.8) is 0 Å². The predicted octanol–water partition coefficient (Wildman–Crippen LogP) is 5.23. The molecular weight excluding hydrogens is 509 g/mol. The number of pyridine rings is 1. The van der Waals surface area contributed by atoms with E-state index < -0.39 is 11.9 Å².